The fraction of sp³-hybridized carbons (Fsp3) is 0.368. The summed E-state index contributed by atoms with van der Waals surface area (Å²) in [5.41, 5.74) is 8.42. The highest BCUT2D eigenvalue weighted by molar-refractivity contribution is 5.29. The third-order valence-corrected chi connectivity index (χ3v) is 4.63. The average Bonchev–Trinajstić information content (AvgIpc) is 2.58. The van der Waals surface area contributed by atoms with Crippen LogP contribution in [0.25, 0.3) is 0 Å². The molecular weight excluding hydrogens is 272 g/mol. The van der Waals surface area contributed by atoms with Crippen molar-refractivity contribution in [1.82, 2.24) is 4.90 Å². The second-order valence-corrected chi connectivity index (χ2v) is 6.20. The van der Waals surface area contributed by atoms with E-state index in [1.54, 1.807) is 0 Å². The minimum atomic E-state index is -0.710. The Balaban J connectivity index is 1.65. The van der Waals surface area contributed by atoms with E-state index in [1.807, 2.05) is 30.3 Å². The molecule has 1 aliphatic heterocycles. The molecule has 0 atom stereocenters. The zero-order chi connectivity index (χ0) is 15.4. The van der Waals surface area contributed by atoms with Crippen molar-refractivity contribution in [3.63, 3.8) is 0 Å². The first-order chi connectivity index (χ1) is 10.7. The molecular formula is C19H24N2O. The lowest BCUT2D eigenvalue weighted by Crippen LogP contribution is -2.42. The van der Waals surface area contributed by atoms with E-state index in [0.717, 1.165) is 43.6 Å². The molecule has 2 aromatic rings. The van der Waals surface area contributed by atoms with Crippen molar-refractivity contribution in [2.45, 2.75) is 31.5 Å². The van der Waals surface area contributed by atoms with Crippen molar-refractivity contribution in [2.75, 3.05) is 13.1 Å². The maximum absolute atomic E-state index is 11.0. The molecule has 3 heteroatoms. The van der Waals surface area contributed by atoms with Gasteiger partial charge >= 0.3 is 0 Å². The molecule has 0 unspecified atom stereocenters. The lowest BCUT2D eigenvalue weighted by atomic mass is 9.83. The van der Waals surface area contributed by atoms with E-state index in [0.29, 0.717) is 6.54 Å². The van der Waals surface area contributed by atoms with Gasteiger partial charge in [0.15, 0.2) is 0 Å². The number of hydrogen-bond acceptors (Lipinski definition) is 3. The van der Waals surface area contributed by atoms with E-state index in [9.17, 15) is 5.11 Å². The van der Waals surface area contributed by atoms with Crippen LogP contribution in [0.3, 0.4) is 0 Å². The molecule has 0 saturated carbocycles. The van der Waals surface area contributed by atoms with Crippen LogP contribution >= 0.6 is 0 Å². The number of nitrogens with zero attached hydrogens (tertiary/aromatic N) is 1. The number of aliphatic hydroxyl groups is 1. The van der Waals surface area contributed by atoms with Gasteiger partial charge in [-0.2, -0.15) is 0 Å². The lowest BCUT2D eigenvalue weighted by molar-refractivity contribution is -0.0277. The normalized spacial score (nSPS) is 18.3. The quantitative estimate of drug-likeness (QED) is 0.912. The van der Waals surface area contributed by atoms with E-state index >= 15 is 0 Å². The lowest BCUT2D eigenvalue weighted by Gasteiger charge is -2.38. The van der Waals surface area contributed by atoms with Gasteiger partial charge in [0.2, 0.25) is 0 Å². The SMILES string of the molecule is NCc1cccc(C2(O)CCN(Cc3ccccc3)CC2)c1. The monoisotopic (exact) mass is 296 g/mol. The highest BCUT2D eigenvalue weighted by atomic mass is 16.3. The molecule has 0 spiro atoms. The van der Waals surface area contributed by atoms with Crippen molar-refractivity contribution < 1.29 is 5.11 Å². The second kappa shape index (κ2) is 6.61. The van der Waals surface area contributed by atoms with E-state index in [4.69, 9.17) is 5.73 Å². The molecule has 1 aliphatic rings. The Morgan fingerprint density at radius 1 is 0.955 bits per heavy atom. The van der Waals surface area contributed by atoms with Crippen LogP contribution < -0.4 is 5.73 Å². The Morgan fingerprint density at radius 3 is 2.32 bits per heavy atom. The number of hydrogen-bond donors (Lipinski definition) is 2. The molecule has 1 fully saturated rings. The van der Waals surface area contributed by atoms with Gasteiger partial charge in [0.1, 0.15) is 0 Å². The molecule has 0 aromatic heterocycles. The molecule has 0 amide bonds. The maximum atomic E-state index is 11.0. The second-order valence-electron chi connectivity index (χ2n) is 6.20. The molecule has 2 aromatic carbocycles. The zero-order valence-corrected chi connectivity index (χ0v) is 12.9. The van der Waals surface area contributed by atoms with Gasteiger partial charge in [0, 0.05) is 26.2 Å². The predicted octanol–water partition coefficient (Wildman–Crippen LogP) is 2.63. The van der Waals surface area contributed by atoms with Crippen molar-refractivity contribution in [3.8, 4) is 0 Å². The Morgan fingerprint density at radius 2 is 1.64 bits per heavy atom. The average molecular weight is 296 g/mol. The number of nitrogens with two attached hydrogens (primary N) is 1. The summed E-state index contributed by atoms with van der Waals surface area (Å²) >= 11 is 0. The van der Waals surface area contributed by atoms with Crippen LogP contribution in [0.2, 0.25) is 0 Å². The third-order valence-electron chi connectivity index (χ3n) is 4.63. The number of benzene rings is 2. The maximum Gasteiger partial charge on any atom is 0.0921 e. The molecule has 1 saturated heterocycles. The summed E-state index contributed by atoms with van der Waals surface area (Å²) in [7, 11) is 0. The Hall–Kier alpha value is -1.68. The van der Waals surface area contributed by atoms with Crippen molar-refractivity contribution in [1.29, 1.82) is 0 Å². The van der Waals surface area contributed by atoms with Crippen molar-refractivity contribution >= 4 is 0 Å². The zero-order valence-electron chi connectivity index (χ0n) is 12.9. The molecule has 0 radical (unpaired) electrons. The summed E-state index contributed by atoms with van der Waals surface area (Å²) in [5, 5.41) is 11.0. The van der Waals surface area contributed by atoms with E-state index in [2.05, 4.69) is 29.2 Å². The molecule has 116 valence electrons. The van der Waals surface area contributed by atoms with Crippen LogP contribution in [0.15, 0.2) is 54.6 Å². The van der Waals surface area contributed by atoms with Crippen molar-refractivity contribution in [3.05, 3.63) is 71.3 Å². The largest absolute Gasteiger partial charge is 0.385 e. The van der Waals surface area contributed by atoms with Crippen LogP contribution in [0.5, 0.6) is 0 Å². The van der Waals surface area contributed by atoms with Crippen molar-refractivity contribution in [2.24, 2.45) is 5.73 Å². The van der Waals surface area contributed by atoms with Gasteiger partial charge in [0.25, 0.3) is 0 Å². The minimum absolute atomic E-state index is 0.518. The van der Waals surface area contributed by atoms with Crippen LogP contribution in [0.4, 0.5) is 0 Å². The molecule has 3 nitrogen and oxygen atoms in total. The first-order valence-electron chi connectivity index (χ1n) is 7.98. The number of likely N-dealkylation sites (tertiary alicyclic amines) is 1. The van der Waals surface area contributed by atoms with E-state index < -0.39 is 5.60 Å². The fourth-order valence-corrected chi connectivity index (χ4v) is 3.20. The van der Waals surface area contributed by atoms with E-state index in [-0.39, 0.29) is 0 Å². The molecule has 0 aliphatic carbocycles. The van der Waals surface area contributed by atoms with Crippen LogP contribution in [0, 0.1) is 0 Å². The van der Waals surface area contributed by atoms with Crippen LogP contribution in [0.1, 0.15) is 29.5 Å². The van der Waals surface area contributed by atoms with Gasteiger partial charge in [-0.05, 0) is 29.5 Å². The summed E-state index contributed by atoms with van der Waals surface area (Å²) in [4.78, 5) is 2.41. The van der Waals surface area contributed by atoms with Gasteiger partial charge in [-0.3, -0.25) is 4.90 Å². The highest BCUT2D eigenvalue weighted by Gasteiger charge is 2.33. The Labute approximate surface area is 132 Å². The predicted molar refractivity (Wildman–Crippen MR) is 89.2 cm³/mol. The Kier molecular flexibility index (Phi) is 4.57. The van der Waals surface area contributed by atoms with Gasteiger partial charge in [-0.15, -0.1) is 0 Å². The standard InChI is InChI=1S/C19H24N2O/c20-14-17-7-4-8-18(13-17)19(22)9-11-21(12-10-19)15-16-5-2-1-3-6-16/h1-8,13,22H,9-12,14-15,20H2. The summed E-state index contributed by atoms with van der Waals surface area (Å²) in [6.07, 6.45) is 1.54. The smallest absolute Gasteiger partial charge is 0.0921 e. The first-order valence-corrected chi connectivity index (χ1v) is 7.98. The molecule has 3 N–H and O–H groups in total. The molecule has 1 heterocycles. The van der Waals surface area contributed by atoms with Crippen LogP contribution in [-0.2, 0) is 18.7 Å². The summed E-state index contributed by atoms with van der Waals surface area (Å²) in [5.74, 6) is 0. The highest BCUT2D eigenvalue weighted by Crippen LogP contribution is 2.33. The first kappa shape index (κ1) is 15.2. The summed E-state index contributed by atoms with van der Waals surface area (Å²) in [6.45, 7) is 3.31. The molecule has 3 rings (SSSR count). The van der Waals surface area contributed by atoms with Gasteiger partial charge in [-0.1, -0.05) is 54.6 Å². The van der Waals surface area contributed by atoms with Gasteiger partial charge in [0.05, 0.1) is 5.60 Å². The molecule has 22 heavy (non-hydrogen) atoms. The minimum Gasteiger partial charge on any atom is -0.385 e. The van der Waals surface area contributed by atoms with E-state index in [1.165, 1.54) is 5.56 Å². The fourth-order valence-electron chi connectivity index (χ4n) is 3.20. The summed E-state index contributed by atoms with van der Waals surface area (Å²) < 4.78 is 0. The summed E-state index contributed by atoms with van der Waals surface area (Å²) in [6, 6.07) is 18.6. The van der Waals surface area contributed by atoms with Gasteiger partial charge < -0.3 is 10.8 Å². The number of piperidine rings is 1. The molecule has 0 bridgehead atoms. The third kappa shape index (κ3) is 3.38. The Bertz CT molecular complexity index is 604. The van der Waals surface area contributed by atoms with Crippen LogP contribution in [-0.4, -0.2) is 23.1 Å². The van der Waals surface area contributed by atoms with Gasteiger partial charge in [-0.25, -0.2) is 0 Å². The topological polar surface area (TPSA) is 49.5 Å². The number of rotatable bonds is 4.